The molecular weight excluding hydrogens is 204 g/mol. The van der Waals surface area contributed by atoms with Gasteiger partial charge < -0.3 is 10.6 Å². The molecular formula is C11H20N4O. The highest BCUT2D eigenvalue weighted by atomic mass is 16.2. The monoisotopic (exact) mass is 224 g/mol. The third-order valence-corrected chi connectivity index (χ3v) is 2.51. The zero-order valence-corrected chi connectivity index (χ0v) is 10.2. The highest BCUT2D eigenvalue weighted by Gasteiger charge is 2.19. The lowest BCUT2D eigenvalue weighted by Crippen LogP contribution is -2.32. The van der Waals surface area contributed by atoms with Crippen molar-refractivity contribution in [2.75, 3.05) is 18.8 Å². The van der Waals surface area contributed by atoms with E-state index in [1.807, 2.05) is 6.92 Å². The van der Waals surface area contributed by atoms with Crippen molar-refractivity contribution >= 4 is 11.6 Å². The van der Waals surface area contributed by atoms with Crippen LogP contribution in [-0.4, -0.2) is 33.7 Å². The zero-order valence-electron chi connectivity index (χ0n) is 10.2. The van der Waals surface area contributed by atoms with Gasteiger partial charge in [0.25, 0.3) is 5.91 Å². The SMILES string of the molecule is CCCCN(CC)C(=O)c1nn(C)cc1N. The molecule has 0 atom stereocenters. The van der Waals surface area contributed by atoms with E-state index in [-0.39, 0.29) is 5.91 Å². The first-order chi connectivity index (χ1) is 7.60. The van der Waals surface area contributed by atoms with Crippen LogP contribution in [0.5, 0.6) is 0 Å². The van der Waals surface area contributed by atoms with Gasteiger partial charge in [0.2, 0.25) is 0 Å². The number of nitrogens with zero attached hydrogens (tertiary/aromatic N) is 3. The summed E-state index contributed by atoms with van der Waals surface area (Å²) in [6.07, 6.45) is 3.73. The van der Waals surface area contributed by atoms with Crippen molar-refractivity contribution in [2.24, 2.45) is 7.05 Å². The minimum Gasteiger partial charge on any atom is -0.396 e. The zero-order chi connectivity index (χ0) is 12.1. The third kappa shape index (κ3) is 2.74. The number of amides is 1. The van der Waals surface area contributed by atoms with Gasteiger partial charge in [0.05, 0.1) is 5.69 Å². The smallest absolute Gasteiger partial charge is 0.276 e. The number of aryl methyl sites for hydroxylation is 1. The highest BCUT2D eigenvalue weighted by molar-refractivity contribution is 5.97. The molecule has 0 bridgehead atoms. The molecule has 5 nitrogen and oxygen atoms in total. The summed E-state index contributed by atoms with van der Waals surface area (Å²) in [6, 6.07) is 0. The number of carbonyl (C=O) groups is 1. The number of nitrogens with two attached hydrogens (primary N) is 1. The second-order valence-electron chi connectivity index (χ2n) is 3.85. The number of anilines is 1. The molecule has 90 valence electrons. The summed E-state index contributed by atoms with van der Waals surface area (Å²) in [5.41, 5.74) is 6.54. The van der Waals surface area contributed by atoms with E-state index in [9.17, 15) is 4.79 Å². The van der Waals surface area contributed by atoms with Crippen LogP contribution in [0.4, 0.5) is 5.69 Å². The number of unbranched alkanes of at least 4 members (excludes halogenated alkanes) is 1. The lowest BCUT2D eigenvalue weighted by atomic mass is 10.2. The van der Waals surface area contributed by atoms with Crippen molar-refractivity contribution in [2.45, 2.75) is 26.7 Å². The maximum atomic E-state index is 12.1. The molecule has 0 aliphatic carbocycles. The van der Waals surface area contributed by atoms with Gasteiger partial charge in [0.15, 0.2) is 5.69 Å². The van der Waals surface area contributed by atoms with Crippen LogP contribution < -0.4 is 5.73 Å². The minimum absolute atomic E-state index is 0.0750. The van der Waals surface area contributed by atoms with Gasteiger partial charge in [-0.2, -0.15) is 5.10 Å². The number of carbonyl (C=O) groups excluding carboxylic acids is 1. The maximum absolute atomic E-state index is 12.1. The van der Waals surface area contributed by atoms with Crippen LogP contribution in [0, 0.1) is 0 Å². The molecule has 0 saturated carbocycles. The third-order valence-electron chi connectivity index (χ3n) is 2.51. The first-order valence-corrected chi connectivity index (χ1v) is 5.68. The first-order valence-electron chi connectivity index (χ1n) is 5.68. The van der Waals surface area contributed by atoms with Crippen molar-refractivity contribution in [1.29, 1.82) is 0 Å². The van der Waals surface area contributed by atoms with E-state index in [0.29, 0.717) is 17.9 Å². The van der Waals surface area contributed by atoms with Crippen molar-refractivity contribution in [1.82, 2.24) is 14.7 Å². The Morgan fingerprint density at radius 1 is 1.56 bits per heavy atom. The molecule has 1 aromatic heterocycles. The van der Waals surface area contributed by atoms with Crippen molar-refractivity contribution in [3.63, 3.8) is 0 Å². The molecule has 0 aliphatic rings. The Morgan fingerprint density at radius 3 is 2.69 bits per heavy atom. The summed E-state index contributed by atoms with van der Waals surface area (Å²) in [5.74, 6) is -0.0750. The van der Waals surface area contributed by atoms with Gasteiger partial charge in [0.1, 0.15) is 0 Å². The number of aromatic nitrogens is 2. The molecule has 0 aromatic carbocycles. The summed E-state index contributed by atoms with van der Waals surface area (Å²) in [4.78, 5) is 13.9. The van der Waals surface area contributed by atoms with Gasteiger partial charge >= 0.3 is 0 Å². The molecule has 0 radical (unpaired) electrons. The van der Waals surface area contributed by atoms with E-state index < -0.39 is 0 Å². The Labute approximate surface area is 96.2 Å². The molecule has 0 aliphatic heterocycles. The molecule has 0 saturated heterocycles. The molecule has 1 amide bonds. The fraction of sp³-hybridized carbons (Fsp3) is 0.636. The van der Waals surface area contributed by atoms with E-state index >= 15 is 0 Å². The van der Waals surface area contributed by atoms with E-state index in [1.54, 1.807) is 22.8 Å². The van der Waals surface area contributed by atoms with Gasteiger partial charge in [0, 0.05) is 26.3 Å². The van der Waals surface area contributed by atoms with E-state index in [0.717, 1.165) is 19.4 Å². The predicted octanol–water partition coefficient (Wildman–Crippen LogP) is 1.26. The summed E-state index contributed by atoms with van der Waals surface area (Å²) in [5, 5.41) is 4.09. The summed E-state index contributed by atoms with van der Waals surface area (Å²) < 4.78 is 1.57. The van der Waals surface area contributed by atoms with Crippen molar-refractivity contribution in [3.05, 3.63) is 11.9 Å². The molecule has 2 N–H and O–H groups in total. The molecule has 0 spiro atoms. The first kappa shape index (κ1) is 12.5. The topological polar surface area (TPSA) is 64.2 Å². The quantitative estimate of drug-likeness (QED) is 0.819. The van der Waals surface area contributed by atoms with Gasteiger partial charge in [-0.1, -0.05) is 13.3 Å². The van der Waals surface area contributed by atoms with Crippen LogP contribution in [0.1, 0.15) is 37.2 Å². The summed E-state index contributed by atoms with van der Waals surface area (Å²) in [6.45, 7) is 5.52. The normalized spacial score (nSPS) is 10.4. The van der Waals surface area contributed by atoms with Gasteiger partial charge in [-0.15, -0.1) is 0 Å². The fourth-order valence-corrected chi connectivity index (χ4v) is 1.58. The lowest BCUT2D eigenvalue weighted by Gasteiger charge is -2.19. The minimum atomic E-state index is -0.0750. The number of rotatable bonds is 5. The second kappa shape index (κ2) is 5.53. The summed E-state index contributed by atoms with van der Waals surface area (Å²) >= 11 is 0. The van der Waals surface area contributed by atoms with Crippen molar-refractivity contribution < 1.29 is 4.79 Å². The average molecular weight is 224 g/mol. The molecule has 0 unspecified atom stereocenters. The Bertz CT molecular complexity index is 359. The molecule has 16 heavy (non-hydrogen) atoms. The largest absolute Gasteiger partial charge is 0.396 e. The molecule has 0 fully saturated rings. The predicted molar refractivity (Wildman–Crippen MR) is 64.1 cm³/mol. The Kier molecular flexibility index (Phi) is 4.34. The van der Waals surface area contributed by atoms with Gasteiger partial charge in [-0.25, -0.2) is 0 Å². The van der Waals surface area contributed by atoms with Crippen LogP contribution in [0.2, 0.25) is 0 Å². The Hall–Kier alpha value is -1.52. The van der Waals surface area contributed by atoms with Gasteiger partial charge in [-0.3, -0.25) is 9.48 Å². The summed E-state index contributed by atoms with van der Waals surface area (Å²) in [7, 11) is 1.76. The Morgan fingerprint density at radius 2 is 2.25 bits per heavy atom. The van der Waals surface area contributed by atoms with Crippen LogP contribution in [0.25, 0.3) is 0 Å². The average Bonchev–Trinajstić information content (AvgIpc) is 2.58. The number of hydrogen-bond acceptors (Lipinski definition) is 3. The number of hydrogen-bond donors (Lipinski definition) is 1. The van der Waals surface area contributed by atoms with E-state index in [4.69, 9.17) is 5.73 Å². The second-order valence-corrected chi connectivity index (χ2v) is 3.85. The molecule has 1 rings (SSSR count). The fourth-order valence-electron chi connectivity index (χ4n) is 1.58. The van der Waals surface area contributed by atoms with Crippen LogP contribution in [-0.2, 0) is 7.05 Å². The van der Waals surface area contributed by atoms with Crippen LogP contribution in [0.3, 0.4) is 0 Å². The highest BCUT2D eigenvalue weighted by Crippen LogP contribution is 2.11. The van der Waals surface area contributed by atoms with Crippen LogP contribution >= 0.6 is 0 Å². The van der Waals surface area contributed by atoms with E-state index in [2.05, 4.69) is 12.0 Å². The standard InChI is InChI=1S/C11H20N4O/c1-4-6-7-15(5-2)11(16)10-9(12)8-14(3)13-10/h8H,4-7,12H2,1-3H3. The number of nitrogen functional groups attached to an aromatic ring is 1. The van der Waals surface area contributed by atoms with E-state index in [1.165, 1.54) is 0 Å². The van der Waals surface area contributed by atoms with Gasteiger partial charge in [-0.05, 0) is 13.3 Å². The molecule has 5 heteroatoms. The molecule has 1 heterocycles. The molecule has 1 aromatic rings. The Balaban J connectivity index is 2.78. The van der Waals surface area contributed by atoms with Crippen LogP contribution in [0.15, 0.2) is 6.20 Å². The van der Waals surface area contributed by atoms with Crippen molar-refractivity contribution in [3.8, 4) is 0 Å². The maximum Gasteiger partial charge on any atom is 0.276 e. The lowest BCUT2D eigenvalue weighted by molar-refractivity contribution is 0.0756.